The molecule has 7 aromatic rings. The first kappa shape index (κ1) is 36.8. The van der Waals surface area contributed by atoms with Gasteiger partial charge in [0.25, 0.3) is 0 Å². The van der Waals surface area contributed by atoms with E-state index in [1.807, 2.05) is 0 Å². The maximum Gasteiger partial charge on any atom is 0.113 e. The minimum absolute atomic E-state index is 0.234. The van der Waals surface area contributed by atoms with Gasteiger partial charge in [0.15, 0.2) is 0 Å². The van der Waals surface area contributed by atoms with Gasteiger partial charge in [-0.2, -0.15) is 0 Å². The van der Waals surface area contributed by atoms with Gasteiger partial charge in [0, 0.05) is 11.8 Å². The summed E-state index contributed by atoms with van der Waals surface area (Å²) < 4.78 is 0. The Morgan fingerprint density at radius 2 is 1.29 bits per heavy atom. The van der Waals surface area contributed by atoms with Crippen LogP contribution < -0.4 is 31.2 Å². The third-order valence-corrected chi connectivity index (χ3v) is 20.9. The second kappa shape index (κ2) is 13.1. The van der Waals surface area contributed by atoms with E-state index in [0.29, 0.717) is 5.92 Å². The lowest BCUT2D eigenvalue weighted by atomic mass is 9.68. The van der Waals surface area contributed by atoms with Crippen molar-refractivity contribution in [1.82, 2.24) is 0 Å². The average molecular weight is 847 g/mol. The average Bonchev–Trinajstić information content (AvgIpc) is 4.08. The van der Waals surface area contributed by atoms with Gasteiger partial charge in [0.2, 0.25) is 0 Å². The zero-order chi connectivity index (χ0) is 42.9. The van der Waals surface area contributed by atoms with Crippen LogP contribution in [-0.2, 0) is 0 Å². The van der Waals surface area contributed by atoms with E-state index >= 15 is 0 Å². The molecule has 0 radical (unpaired) electrons. The van der Waals surface area contributed by atoms with Gasteiger partial charge in [-0.25, -0.2) is 0 Å². The second-order valence-corrected chi connectivity index (χ2v) is 25.1. The van der Waals surface area contributed by atoms with Crippen LogP contribution in [0.3, 0.4) is 0 Å². The quantitative estimate of drug-likeness (QED) is 0.155. The van der Waals surface area contributed by atoms with E-state index in [-0.39, 0.29) is 11.8 Å². The van der Waals surface area contributed by atoms with Crippen molar-refractivity contribution in [1.29, 1.82) is 0 Å². The van der Waals surface area contributed by atoms with Gasteiger partial charge in [0.05, 0.1) is 0 Å². The summed E-state index contributed by atoms with van der Waals surface area (Å²) in [5.74, 6) is 1.11. The predicted molar refractivity (Wildman–Crippen MR) is 276 cm³/mol. The number of allylic oxidation sites excluding steroid dienone is 7. The Bertz CT molecular complexity index is 3790. The molecular weight excluding hydrogens is 797 g/mol. The van der Waals surface area contributed by atoms with Crippen LogP contribution in [0.1, 0.15) is 73.6 Å². The van der Waals surface area contributed by atoms with E-state index in [1.54, 1.807) is 49.0 Å². The van der Waals surface area contributed by atoms with Crippen molar-refractivity contribution < 1.29 is 0 Å². The topological polar surface area (TPSA) is 0 Å². The highest BCUT2D eigenvalue weighted by Gasteiger charge is 2.41. The fraction of sp³-hybridized carbons (Fsp3) is 0.188. The Kier molecular flexibility index (Phi) is 7.38. The third-order valence-electron chi connectivity index (χ3n) is 17.4. The number of benzene rings is 7. The third kappa shape index (κ3) is 4.77. The standard InChI is InChI=1S/C64H50Si/c1-36-13-10-19-45-49-31-32-50(47-22-12-23-53(60(36)45)62(47)49)63-52-28-26-38(40-27-25-37-14-4-5-15-39(37)40)33-55(52)64(57-35-59-54(34-56(57)63)43-18-8-9-24-58(43)65(59,2)3)51-30-29-48-42-17-7-6-16-41(42)44-20-11-21-46(51)61(44)48/h4-9,11-12,14-18,20-27,29-30,33-36,40,52H,10,13,19,28,31-32H2,1-3H3. The molecule has 3 unspecified atom stereocenters. The van der Waals surface area contributed by atoms with Crippen LogP contribution in [0, 0.1) is 11.8 Å². The minimum atomic E-state index is -2.02. The molecule has 0 bridgehead atoms. The van der Waals surface area contributed by atoms with Crippen LogP contribution in [0.4, 0.5) is 0 Å². The van der Waals surface area contributed by atoms with Gasteiger partial charge in [-0.05, 0) is 193 Å². The maximum atomic E-state index is 2.74. The molecule has 0 saturated heterocycles. The highest BCUT2D eigenvalue weighted by Crippen LogP contribution is 2.53. The predicted octanol–water partition coefficient (Wildman–Crippen LogP) is 11.7. The molecule has 65 heavy (non-hydrogen) atoms. The zero-order valence-electron chi connectivity index (χ0n) is 37.5. The molecule has 0 amide bonds. The highest BCUT2D eigenvalue weighted by molar-refractivity contribution is 7.03. The molecule has 7 aliphatic carbocycles. The molecule has 0 saturated carbocycles. The molecule has 1 heterocycles. The van der Waals surface area contributed by atoms with Crippen LogP contribution in [0.2, 0.25) is 13.1 Å². The van der Waals surface area contributed by atoms with E-state index in [4.69, 9.17) is 0 Å². The molecule has 310 valence electrons. The van der Waals surface area contributed by atoms with Crippen molar-refractivity contribution in [2.24, 2.45) is 11.8 Å². The van der Waals surface area contributed by atoms with E-state index in [0.717, 1.165) is 19.3 Å². The van der Waals surface area contributed by atoms with Gasteiger partial charge in [0.1, 0.15) is 8.07 Å². The van der Waals surface area contributed by atoms with Gasteiger partial charge in [-0.1, -0.05) is 172 Å². The van der Waals surface area contributed by atoms with Gasteiger partial charge >= 0.3 is 0 Å². The molecule has 0 aromatic heterocycles. The Morgan fingerprint density at radius 3 is 2.18 bits per heavy atom. The lowest BCUT2D eigenvalue weighted by Crippen LogP contribution is -2.52. The van der Waals surface area contributed by atoms with E-state index < -0.39 is 8.07 Å². The molecule has 15 rings (SSSR count). The minimum Gasteiger partial charge on any atom is -0.0794 e. The van der Waals surface area contributed by atoms with Gasteiger partial charge in [-0.3, -0.25) is 0 Å². The van der Waals surface area contributed by atoms with Crippen molar-refractivity contribution in [3.8, 4) is 33.4 Å². The van der Waals surface area contributed by atoms with E-state index in [9.17, 15) is 0 Å². The maximum absolute atomic E-state index is 2.74. The molecular formula is C64H50Si. The van der Waals surface area contributed by atoms with Crippen LogP contribution in [0.15, 0.2) is 168 Å². The summed E-state index contributed by atoms with van der Waals surface area (Å²) >= 11 is 0. The highest BCUT2D eigenvalue weighted by atomic mass is 28.3. The van der Waals surface area contributed by atoms with Crippen molar-refractivity contribution in [2.45, 2.75) is 64.5 Å². The first-order valence-electron chi connectivity index (χ1n) is 24.4. The summed E-state index contributed by atoms with van der Waals surface area (Å²) in [7, 11) is -2.02. The molecule has 1 heteroatoms. The molecule has 7 aromatic carbocycles. The fourth-order valence-corrected chi connectivity index (χ4v) is 17.6. The number of rotatable bonds is 3. The van der Waals surface area contributed by atoms with Gasteiger partial charge in [-0.15, -0.1) is 0 Å². The van der Waals surface area contributed by atoms with Crippen molar-refractivity contribution in [3.63, 3.8) is 0 Å². The summed E-state index contributed by atoms with van der Waals surface area (Å²) in [6.07, 6.45) is 17.2. The first-order chi connectivity index (χ1) is 31.9. The van der Waals surface area contributed by atoms with E-state index in [2.05, 4.69) is 178 Å². The number of fused-ring (bicyclic) bond motifs is 11. The van der Waals surface area contributed by atoms with Crippen molar-refractivity contribution >= 4 is 63.2 Å². The van der Waals surface area contributed by atoms with Crippen LogP contribution >= 0.6 is 0 Å². The van der Waals surface area contributed by atoms with Crippen LogP contribution in [0.25, 0.3) is 78.1 Å². The number of hydrogen-bond acceptors (Lipinski definition) is 0. The molecule has 3 atom stereocenters. The summed E-state index contributed by atoms with van der Waals surface area (Å²) in [4.78, 5) is 0. The Labute approximate surface area is 382 Å². The lowest BCUT2D eigenvalue weighted by molar-refractivity contribution is 0.593. The Balaban J connectivity index is 1.10. The van der Waals surface area contributed by atoms with Crippen molar-refractivity contribution in [3.05, 3.63) is 212 Å². The fourth-order valence-electron chi connectivity index (χ4n) is 14.6. The van der Waals surface area contributed by atoms with Gasteiger partial charge < -0.3 is 0 Å². The van der Waals surface area contributed by atoms with Crippen LogP contribution in [0.5, 0.6) is 0 Å². The number of hydrogen-bond donors (Lipinski definition) is 0. The molecule has 1 aliphatic heterocycles. The molecule has 0 N–H and O–H groups in total. The Hall–Kier alpha value is -6.54. The molecule has 0 spiro atoms. The summed E-state index contributed by atoms with van der Waals surface area (Å²) in [5, 5.41) is 11.9. The smallest absolute Gasteiger partial charge is 0.0794 e. The summed E-state index contributed by atoms with van der Waals surface area (Å²) in [5.41, 5.74) is 26.7. The largest absolute Gasteiger partial charge is 0.113 e. The SMILES string of the molecule is CC1CCCC2=C1c1cccc3c1=C2CCC=3C1=c2cc3c(cc2=C(c2ccc4c5c(cccc25)-c2ccccc2-4)C2=CC(C4C=Cc5ccccc54)=CCC21)[Si](C)(C)c1ccccc1-3. The molecule has 0 nitrogen and oxygen atoms in total. The second-order valence-electron chi connectivity index (χ2n) is 20.8. The Morgan fingerprint density at radius 1 is 0.554 bits per heavy atom. The summed E-state index contributed by atoms with van der Waals surface area (Å²) in [6, 6.07) is 52.4. The normalized spacial score (nSPS) is 21.9. The first-order valence-corrected chi connectivity index (χ1v) is 27.4. The van der Waals surface area contributed by atoms with Crippen molar-refractivity contribution in [2.75, 3.05) is 0 Å². The molecule has 0 fully saturated rings. The van der Waals surface area contributed by atoms with E-state index in [1.165, 1.54) is 112 Å². The summed E-state index contributed by atoms with van der Waals surface area (Å²) in [6.45, 7) is 7.68. The lowest BCUT2D eigenvalue weighted by Gasteiger charge is -2.35. The zero-order valence-corrected chi connectivity index (χ0v) is 38.5. The van der Waals surface area contributed by atoms with Crippen LogP contribution in [-0.4, -0.2) is 8.07 Å². The molecule has 8 aliphatic rings. The monoisotopic (exact) mass is 846 g/mol.